The predicted octanol–water partition coefficient (Wildman–Crippen LogP) is 3.49. The van der Waals surface area contributed by atoms with Gasteiger partial charge in [0.15, 0.2) is 0 Å². The Kier molecular flexibility index (Phi) is 4.08. The summed E-state index contributed by atoms with van der Waals surface area (Å²) in [7, 11) is 2.29. The highest BCUT2D eigenvalue weighted by atomic mass is 19.1. The third-order valence-electron chi connectivity index (χ3n) is 5.20. The number of benzene rings is 1. The van der Waals surface area contributed by atoms with Gasteiger partial charge in [0.05, 0.1) is 0 Å². The minimum Gasteiger partial charge on any atom is -0.307 e. The van der Waals surface area contributed by atoms with E-state index in [1.54, 1.807) is 12.1 Å². The lowest BCUT2D eigenvalue weighted by atomic mass is 9.82. The molecule has 3 unspecified atom stereocenters. The summed E-state index contributed by atoms with van der Waals surface area (Å²) in [5.41, 5.74) is 1.18. The zero-order chi connectivity index (χ0) is 14.1. The van der Waals surface area contributed by atoms with Crippen molar-refractivity contribution in [3.8, 4) is 0 Å². The lowest BCUT2D eigenvalue weighted by Crippen LogP contribution is -2.54. The van der Waals surface area contributed by atoms with Gasteiger partial charge in [-0.2, -0.15) is 0 Å². The Morgan fingerprint density at radius 3 is 2.35 bits per heavy atom. The second-order valence-corrected chi connectivity index (χ2v) is 6.51. The molecule has 2 heterocycles. The number of hydrogen-bond acceptors (Lipinski definition) is 2. The number of halogens is 1. The van der Waals surface area contributed by atoms with Crippen LogP contribution in [-0.2, 0) is 0 Å². The Morgan fingerprint density at radius 2 is 1.75 bits per heavy atom. The Hall–Kier alpha value is -0.930. The predicted molar refractivity (Wildman–Crippen MR) is 80.2 cm³/mol. The van der Waals surface area contributed by atoms with Crippen LogP contribution in [0.3, 0.4) is 0 Å². The first-order valence-electron chi connectivity index (χ1n) is 7.87. The Labute approximate surface area is 121 Å². The van der Waals surface area contributed by atoms with Gasteiger partial charge in [0.1, 0.15) is 5.82 Å². The van der Waals surface area contributed by atoms with Gasteiger partial charge in [0.25, 0.3) is 0 Å². The van der Waals surface area contributed by atoms with Crippen LogP contribution in [0.25, 0.3) is 0 Å². The van der Waals surface area contributed by atoms with Crippen LogP contribution in [0.15, 0.2) is 24.3 Å². The summed E-state index contributed by atoms with van der Waals surface area (Å²) in [6.07, 6.45) is 6.57. The van der Waals surface area contributed by atoms with Crippen molar-refractivity contribution in [3.05, 3.63) is 35.6 Å². The van der Waals surface area contributed by atoms with Gasteiger partial charge in [-0.15, -0.1) is 0 Å². The van der Waals surface area contributed by atoms with Crippen molar-refractivity contribution in [2.24, 2.45) is 0 Å². The summed E-state index contributed by atoms with van der Waals surface area (Å²) >= 11 is 0. The van der Waals surface area contributed by atoms with E-state index in [1.807, 2.05) is 12.1 Å². The Balaban J connectivity index is 1.62. The van der Waals surface area contributed by atoms with Crippen molar-refractivity contribution < 1.29 is 4.39 Å². The molecule has 2 aliphatic heterocycles. The molecule has 3 atom stereocenters. The quantitative estimate of drug-likeness (QED) is 0.909. The molecule has 1 N–H and O–H groups in total. The first-order valence-corrected chi connectivity index (χ1v) is 7.87. The summed E-state index contributed by atoms with van der Waals surface area (Å²) < 4.78 is 13.0. The van der Waals surface area contributed by atoms with Gasteiger partial charge in [-0.1, -0.05) is 18.6 Å². The summed E-state index contributed by atoms with van der Waals surface area (Å²) in [5.74, 6) is -0.158. The van der Waals surface area contributed by atoms with Gasteiger partial charge in [-0.05, 0) is 57.4 Å². The monoisotopic (exact) mass is 276 g/mol. The van der Waals surface area contributed by atoms with E-state index in [2.05, 4.69) is 24.2 Å². The molecular weight excluding hydrogens is 251 g/mol. The van der Waals surface area contributed by atoms with E-state index in [0.29, 0.717) is 12.1 Å². The number of nitrogens with zero attached hydrogens (tertiary/aromatic N) is 1. The van der Waals surface area contributed by atoms with Gasteiger partial charge in [0.2, 0.25) is 0 Å². The van der Waals surface area contributed by atoms with Gasteiger partial charge in [-0.3, -0.25) is 0 Å². The average molecular weight is 276 g/mol. The lowest BCUT2D eigenvalue weighted by Gasteiger charge is -2.47. The van der Waals surface area contributed by atoms with Crippen LogP contribution in [0, 0.1) is 5.82 Å². The van der Waals surface area contributed by atoms with Crippen LogP contribution in [0.5, 0.6) is 0 Å². The molecule has 1 aromatic rings. The van der Waals surface area contributed by atoms with E-state index in [0.717, 1.165) is 12.1 Å². The van der Waals surface area contributed by atoms with Crippen molar-refractivity contribution in [1.82, 2.24) is 10.2 Å². The maximum absolute atomic E-state index is 13.0. The van der Waals surface area contributed by atoms with Gasteiger partial charge >= 0.3 is 0 Å². The van der Waals surface area contributed by atoms with Crippen molar-refractivity contribution in [2.75, 3.05) is 7.05 Å². The summed E-state index contributed by atoms with van der Waals surface area (Å²) in [5, 5.41) is 3.75. The molecular formula is C17H25FN2. The summed E-state index contributed by atoms with van der Waals surface area (Å²) in [4.78, 5) is 2.59. The Morgan fingerprint density at radius 1 is 1.15 bits per heavy atom. The molecule has 3 rings (SSSR count). The molecule has 1 aromatic carbocycles. The normalized spacial score (nSPS) is 32.0. The number of nitrogens with one attached hydrogen (secondary N) is 1. The molecule has 3 heteroatoms. The van der Waals surface area contributed by atoms with Crippen LogP contribution >= 0.6 is 0 Å². The molecule has 0 radical (unpaired) electrons. The van der Waals surface area contributed by atoms with Crippen molar-refractivity contribution in [3.63, 3.8) is 0 Å². The SMILES string of the molecule is CC(NC1CC2CCCC(C1)N2C)c1ccc(F)cc1. The van der Waals surface area contributed by atoms with E-state index in [-0.39, 0.29) is 5.82 Å². The molecule has 0 saturated carbocycles. The largest absolute Gasteiger partial charge is 0.307 e. The van der Waals surface area contributed by atoms with Crippen LogP contribution in [0.1, 0.15) is 50.6 Å². The third-order valence-corrected chi connectivity index (χ3v) is 5.20. The zero-order valence-corrected chi connectivity index (χ0v) is 12.5. The van der Waals surface area contributed by atoms with Crippen molar-refractivity contribution in [1.29, 1.82) is 0 Å². The van der Waals surface area contributed by atoms with Crippen LogP contribution in [-0.4, -0.2) is 30.1 Å². The van der Waals surface area contributed by atoms with Gasteiger partial charge in [-0.25, -0.2) is 4.39 Å². The smallest absolute Gasteiger partial charge is 0.123 e. The molecule has 0 aliphatic carbocycles. The zero-order valence-electron chi connectivity index (χ0n) is 12.5. The number of hydrogen-bond donors (Lipinski definition) is 1. The molecule has 2 nitrogen and oxygen atoms in total. The van der Waals surface area contributed by atoms with Crippen LogP contribution in [0.2, 0.25) is 0 Å². The molecule has 2 aliphatic rings. The molecule has 2 bridgehead atoms. The van der Waals surface area contributed by atoms with E-state index in [4.69, 9.17) is 0 Å². The molecule has 0 spiro atoms. The lowest BCUT2D eigenvalue weighted by molar-refractivity contribution is 0.0463. The van der Waals surface area contributed by atoms with Crippen molar-refractivity contribution in [2.45, 2.75) is 63.2 Å². The highest BCUT2D eigenvalue weighted by Crippen LogP contribution is 2.33. The number of rotatable bonds is 3. The second kappa shape index (κ2) is 5.82. The summed E-state index contributed by atoms with van der Waals surface area (Å²) in [6.45, 7) is 2.18. The highest BCUT2D eigenvalue weighted by Gasteiger charge is 2.36. The fourth-order valence-corrected chi connectivity index (χ4v) is 3.95. The van der Waals surface area contributed by atoms with Crippen LogP contribution in [0.4, 0.5) is 4.39 Å². The van der Waals surface area contributed by atoms with Gasteiger partial charge < -0.3 is 10.2 Å². The fraction of sp³-hybridized carbons (Fsp3) is 0.647. The van der Waals surface area contributed by atoms with E-state index in [1.165, 1.54) is 37.7 Å². The maximum Gasteiger partial charge on any atom is 0.123 e. The molecule has 20 heavy (non-hydrogen) atoms. The minimum atomic E-state index is -0.158. The number of piperidine rings is 2. The average Bonchev–Trinajstić information content (AvgIpc) is 2.40. The molecule has 2 fully saturated rings. The van der Waals surface area contributed by atoms with E-state index < -0.39 is 0 Å². The fourth-order valence-electron chi connectivity index (χ4n) is 3.95. The topological polar surface area (TPSA) is 15.3 Å². The molecule has 0 amide bonds. The first-order chi connectivity index (χ1) is 9.63. The standard InChI is InChI=1S/C17H25FN2/c1-12(13-6-8-14(18)9-7-13)19-15-10-16-4-3-5-17(11-15)20(16)2/h6-9,12,15-17,19H,3-5,10-11H2,1-2H3. The van der Waals surface area contributed by atoms with E-state index >= 15 is 0 Å². The van der Waals surface area contributed by atoms with Crippen LogP contribution < -0.4 is 5.32 Å². The maximum atomic E-state index is 13.0. The molecule has 0 aromatic heterocycles. The highest BCUT2D eigenvalue weighted by molar-refractivity contribution is 5.19. The number of fused-ring (bicyclic) bond motifs is 2. The minimum absolute atomic E-state index is 0.158. The molecule has 110 valence electrons. The first kappa shape index (κ1) is 14.0. The van der Waals surface area contributed by atoms with Crippen molar-refractivity contribution >= 4 is 0 Å². The van der Waals surface area contributed by atoms with E-state index in [9.17, 15) is 4.39 Å². The summed E-state index contributed by atoms with van der Waals surface area (Å²) in [6, 6.07) is 9.28. The molecule has 2 saturated heterocycles. The second-order valence-electron chi connectivity index (χ2n) is 6.51. The third kappa shape index (κ3) is 2.89. The Bertz CT molecular complexity index is 431. The van der Waals surface area contributed by atoms with Gasteiger partial charge in [0, 0.05) is 24.2 Å².